The number of benzene rings is 3. The Balaban J connectivity index is 1.53. The van der Waals surface area contributed by atoms with Crippen LogP contribution in [0.3, 0.4) is 0 Å². The van der Waals surface area contributed by atoms with Crippen molar-refractivity contribution in [2.24, 2.45) is 0 Å². The van der Waals surface area contributed by atoms with Crippen LogP contribution in [0.1, 0.15) is 10.4 Å². The van der Waals surface area contributed by atoms with Gasteiger partial charge in [-0.05, 0) is 42.5 Å². The van der Waals surface area contributed by atoms with Gasteiger partial charge in [-0.1, -0.05) is 30.3 Å². The van der Waals surface area contributed by atoms with Gasteiger partial charge in [0.2, 0.25) is 0 Å². The van der Waals surface area contributed by atoms with Crippen LogP contribution in [0.2, 0.25) is 0 Å². The molecule has 27 heavy (non-hydrogen) atoms. The van der Waals surface area contributed by atoms with Gasteiger partial charge in [0, 0.05) is 16.6 Å². The predicted octanol–water partition coefficient (Wildman–Crippen LogP) is 4.36. The molecule has 6 heteroatoms. The molecule has 0 aliphatic carbocycles. The Bertz CT molecular complexity index is 1240. The zero-order valence-corrected chi connectivity index (χ0v) is 14.2. The zero-order valence-electron chi connectivity index (χ0n) is 14.2. The molecule has 6 nitrogen and oxygen atoms in total. The molecule has 0 aliphatic rings. The molecule has 3 N–H and O–H groups in total. The van der Waals surface area contributed by atoms with E-state index in [1.165, 1.54) is 0 Å². The van der Waals surface area contributed by atoms with Crippen LogP contribution in [-0.2, 0) is 0 Å². The van der Waals surface area contributed by atoms with Gasteiger partial charge in [-0.2, -0.15) is 5.10 Å². The van der Waals surface area contributed by atoms with E-state index >= 15 is 0 Å². The van der Waals surface area contributed by atoms with Crippen molar-refractivity contribution in [3.63, 3.8) is 0 Å². The zero-order chi connectivity index (χ0) is 18.2. The van der Waals surface area contributed by atoms with Gasteiger partial charge in [-0.3, -0.25) is 9.89 Å². The smallest absolute Gasteiger partial charge is 0.255 e. The van der Waals surface area contributed by atoms with Gasteiger partial charge in [0.1, 0.15) is 5.69 Å². The van der Waals surface area contributed by atoms with Crippen LogP contribution in [0.25, 0.3) is 33.5 Å². The molecule has 5 aromatic rings. The van der Waals surface area contributed by atoms with Crippen LogP contribution < -0.4 is 5.32 Å². The van der Waals surface area contributed by atoms with Gasteiger partial charge < -0.3 is 10.3 Å². The number of hydrogen-bond donors (Lipinski definition) is 3. The molecule has 0 saturated carbocycles. The lowest BCUT2D eigenvalue weighted by Crippen LogP contribution is -2.11. The summed E-state index contributed by atoms with van der Waals surface area (Å²) >= 11 is 0. The summed E-state index contributed by atoms with van der Waals surface area (Å²) in [6.45, 7) is 0. The lowest BCUT2D eigenvalue weighted by molar-refractivity contribution is 0.102. The molecule has 0 saturated heterocycles. The second-order valence-electron chi connectivity index (χ2n) is 6.26. The molecule has 0 unspecified atom stereocenters. The number of fused-ring (bicyclic) bond motifs is 2. The Kier molecular flexibility index (Phi) is 3.47. The van der Waals surface area contributed by atoms with Crippen LogP contribution in [0.15, 0.2) is 72.8 Å². The van der Waals surface area contributed by atoms with E-state index in [-0.39, 0.29) is 5.91 Å². The number of carbonyl (C=O) groups excluding carboxylic acids is 1. The molecule has 130 valence electrons. The van der Waals surface area contributed by atoms with Crippen molar-refractivity contribution < 1.29 is 4.79 Å². The number of para-hydroxylation sites is 2. The van der Waals surface area contributed by atoms with Crippen molar-refractivity contribution in [2.45, 2.75) is 0 Å². The minimum absolute atomic E-state index is 0.149. The summed E-state index contributed by atoms with van der Waals surface area (Å²) in [5, 5.41) is 11.3. The van der Waals surface area contributed by atoms with Crippen molar-refractivity contribution in [1.82, 2.24) is 20.2 Å². The van der Waals surface area contributed by atoms with E-state index in [1.54, 1.807) is 12.1 Å². The molecule has 0 spiro atoms. The van der Waals surface area contributed by atoms with Gasteiger partial charge in [0.25, 0.3) is 5.91 Å². The first-order valence-corrected chi connectivity index (χ1v) is 8.57. The number of H-pyrrole nitrogens is 2. The number of carbonyl (C=O) groups is 1. The monoisotopic (exact) mass is 353 g/mol. The van der Waals surface area contributed by atoms with E-state index in [0.29, 0.717) is 17.1 Å². The maximum atomic E-state index is 12.4. The Hall–Kier alpha value is -3.93. The van der Waals surface area contributed by atoms with E-state index in [4.69, 9.17) is 0 Å². The highest BCUT2D eigenvalue weighted by Crippen LogP contribution is 2.28. The Morgan fingerprint density at radius 3 is 2.56 bits per heavy atom. The number of anilines is 1. The number of aromatic amines is 2. The Labute approximate surface area is 154 Å². The van der Waals surface area contributed by atoms with Gasteiger partial charge in [0.15, 0.2) is 5.82 Å². The summed E-state index contributed by atoms with van der Waals surface area (Å²) in [5.41, 5.74) is 4.76. The van der Waals surface area contributed by atoms with Crippen LogP contribution in [-0.4, -0.2) is 26.1 Å². The van der Waals surface area contributed by atoms with Crippen LogP contribution in [0.5, 0.6) is 0 Å². The average molecular weight is 353 g/mol. The number of amides is 1. The molecule has 2 aromatic heterocycles. The molecule has 0 atom stereocenters. The second-order valence-corrected chi connectivity index (χ2v) is 6.26. The highest BCUT2D eigenvalue weighted by atomic mass is 16.1. The van der Waals surface area contributed by atoms with Gasteiger partial charge >= 0.3 is 0 Å². The van der Waals surface area contributed by atoms with Gasteiger partial charge in [-0.25, -0.2) is 4.98 Å². The maximum Gasteiger partial charge on any atom is 0.255 e. The van der Waals surface area contributed by atoms with Crippen molar-refractivity contribution in [3.8, 4) is 11.5 Å². The average Bonchev–Trinajstić information content (AvgIpc) is 3.32. The third-order valence-electron chi connectivity index (χ3n) is 4.47. The minimum atomic E-state index is -0.149. The SMILES string of the molecule is O=C(Nc1ccc2[nH]nc(-c3nc4ccccc4[nH]3)c2c1)c1ccccc1. The number of nitrogens with one attached hydrogen (secondary N) is 3. The fourth-order valence-corrected chi connectivity index (χ4v) is 3.13. The standard InChI is InChI=1S/C21H15N5O/c27-21(13-6-2-1-3-7-13)22-14-10-11-16-15(12-14)19(26-25-16)20-23-17-8-4-5-9-18(17)24-20/h1-12H,(H,22,27)(H,23,24)(H,25,26). The van der Waals surface area contributed by atoms with E-state index in [9.17, 15) is 4.79 Å². The number of rotatable bonds is 3. The van der Waals surface area contributed by atoms with Crippen LogP contribution in [0, 0.1) is 0 Å². The number of imidazole rings is 1. The summed E-state index contributed by atoms with van der Waals surface area (Å²) in [6, 6.07) is 22.6. The molecule has 0 bridgehead atoms. The second kappa shape index (κ2) is 6.10. The highest BCUT2D eigenvalue weighted by molar-refractivity contribution is 6.05. The van der Waals surface area contributed by atoms with Crippen molar-refractivity contribution in [1.29, 1.82) is 0 Å². The fourth-order valence-electron chi connectivity index (χ4n) is 3.13. The van der Waals surface area contributed by atoms with E-state index in [1.807, 2.05) is 60.7 Å². The van der Waals surface area contributed by atoms with Crippen molar-refractivity contribution in [3.05, 3.63) is 78.4 Å². The van der Waals surface area contributed by atoms with E-state index in [0.717, 1.165) is 27.6 Å². The Morgan fingerprint density at radius 1 is 0.889 bits per heavy atom. The van der Waals surface area contributed by atoms with E-state index in [2.05, 4.69) is 25.5 Å². The van der Waals surface area contributed by atoms with Gasteiger partial charge in [-0.15, -0.1) is 0 Å². The van der Waals surface area contributed by atoms with Crippen LogP contribution >= 0.6 is 0 Å². The predicted molar refractivity (Wildman–Crippen MR) is 106 cm³/mol. The van der Waals surface area contributed by atoms with E-state index < -0.39 is 0 Å². The third-order valence-corrected chi connectivity index (χ3v) is 4.47. The summed E-state index contributed by atoms with van der Waals surface area (Å²) in [5.74, 6) is 0.540. The number of nitrogens with zero attached hydrogens (tertiary/aromatic N) is 2. The summed E-state index contributed by atoms with van der Waals surface area (Å²) in [6.07, 6.45) is 0. The number of aromatic nitrogens is 4. The quantitative estimate of drug-likeness (QED) is 0.450. The fraction of sp³-hybridized carbons (Fsp3) is 0. The molecule has 1 amide bonds. The first-order chi connectivity index (χ1) is 13.3. The first kappa shape index (κ1) is 15.3. The molecular weight excluding hydrogens is 338 g/mol. The summed E-state index contributed by atoms with van der Waals surface area (Å²) in [7, 11) is 0. The molecule has 5 rings (SSSR count). The molecule has 3 aromatic carbocycles. The lowest BCUT2D eigenvalue weighted by atomic mass is 10.1. The van der Waals surface area contributed by atoms with Crippen LogP contribution in [0.4, 0.5) is 5.69 Å². The normalized spacial score (nSPS) is 11.1. The molecule has 2 heterocycles. The molecular formula is C21H15N5O. The van der Waals surface area contributed by atoms with Gasteiger partial charge in [0.05, 0.1) is 16.6 Å². The van der Waals surface area contributed by atoms with Crippen molar-refractivity contribution in [2.75, 3.05) is 5.32 Å². The number of hydrogen-bond acceptors (Lipinski definition) is 3. The topological polar surface area (TPSA) is 86.5 Å². The maximum absolute atomic E-state index is 12.4. The minimum Gasteiger partial charge on any atom is -0.337 e. The Morgan fingerprint density at radius 2 is 1.70 bits per heavy atom. The lowest BCUT2D eigenvalue weighted by Gasteiger charge is -2.05. The molecule has 0 fully saturated rings. The molecule has 0 radical (unpaired) electrons. The van der Waals surface area contributed by atoms with Crippen molar-refractivity contribution >= 4 is 33.5 Å². The largest absolute Gasteiger partial charge is 0.337 e. The highest BCUT2D eigenvalue weighted by Gasteiger charge is 2.14. The molecule has 0 aliphatic heterocycles. The first-order valence-electron chi connectivity index (χ1n) is 8.57. The summed E-state index contributed by atoms with van der Waals surface area (Å²) in [4.78, 5) is 20.3. The summed E-state index contributed by atoms with van der Waals surface area (Å²) < 4.78 is 0. The third kappa shape index (κ3) is 2.73.